The van der Waals surface area contributed by atoms with Gasteiger partial charge in [0.25, 0.3) is 5.91 Å². The fraction of sp³-hybridized carbons (Fsp3) is 0.625. The molecule has 0 aliphatic carbocycles. The van der Waals surface area contributed by atoms with Gasteiger partial charge in [-0.25, -0.2) is 0 Å². The molecule has 1 rings (SSSR count). The molecule has 0 aromatic carbocycles. The van der Waals surface area contributed by atoms with Crippen LogP contribution < -0.4 is 0 Å². The van der Waals surface area contributed by atoms with Crippen LogP contribution in [0.1, 0.15) is 52.9 Å². The number of hydrogen-bond acceptors (Lipinski definition) is 3. The van der Waals surface area contributed by atoms with E-state index >= 15 is 0 Å². The van der Waals surface area contributed by atoms with Crippen molar-refractivity contribution in [1.29, 1.82) is 0 Å². The second-order valence-electron chi connectivity index (χ2n) is 5.82. The molecule has 5 nitrogen and oxygen atoms in total. The number of nitrogens with zero attached hydrogens (tertiary/aromatic N) is 1. The fourth-order valence-electron chi connectivity index (χ4n) is 2.57. The number of carbonyl (C=O) groups excluding carboxylic acids is 2. The summed E-state index contributed by atoms with van der Waals surface area (Å²) in [5.74, 6) is 0.274. The summed E-state index contributed by atoms with van der Waals surface area (Å²) in [5, 5.41) is 0. The number of aromatic nitrogens is 1. The number of methoxy groups -OCH3 is 1. The molecule has 0 unspecified atom stereocenters. The summed E-state index contributed by atoms with van der Waals surface area (Å²) in [4.78, 5) is 29.2. The van der Waals surface area contributed by atoms with Crippen molar-refractivity contribution in [3.63, 3.8) is 0 Å². The van der Waals surface area contributed by atoms with Crippen molar-refractivity contribution in [1.82, 2.24) is 9.88 Å². The van der Waals surface area contributed by atoms with E-state index in [9.17, 15) is 9.59 Å². The number of amides is 1. The lowest BCUT2D eigenvalue weighted by molar-refractivity contribution is 0.0666. The molecule has 1 aromatic rings. The minimum atomic E-state index is -0.0751. The first-order valence-electron chi connectivity index (χ1n) is 7.27. The van der Waals surface area contributed by atoms with Gasteiger partial charge in [-0.1, -0.05) is 13.8 Å². The Morgan fingerprint density at radius 1 is 1.29 bits per heavy atom. The molecule has 118 valence electrons. The monoisotopic (exact) mass is 294 g/mol. The van der Waals surface area contributed by atoms with Crippen LogP contribution in [0.15, 0.2) is 0 Å². The maximum atomic E-state index is 12.7. The van der Waals surface area contributed by atoms with E-state index < -0.39 is 0 Å². The van der Waals surface area contributed by atoms with E-state index in [4.69, 9.17) is 4.74 Å². The Kier molecular flexibility index (Phi) is 6.15. The van der Waals surface area contributed by atoms with Crippen molar-refractivity contribution in [2.24, 2.45) is 5.92 Å². The molecule has 0 saturated heterocycles. The average Bonchev–Trinajstić information content (AvgIpc) is 2.68. The Labute approximate surface area is 126 Å². The summed E-state index contributed by atoms with van der Waals surface area (Å²) in [7, 11) is 1.62. The Balaban J connectivity index is 3.08. The second-order valence-corrected chi connectivity index (χ2v) is 5.82. The van der Waals surface area contributed by atoms with Crippen LogP contribution in [0, 0.1) is 19.8 Å². The first kappa shape index (κ1) is 17.4. The summed E-state index contributed by atoms with van der Waals surface area (Å²) >= 11 is 0. The van der Waals surface area contributed by atoms with Crippen LogP contribution in [0.25, 0.3) is 0 Å². The van der Waals surface area contributed by atoms with Crippen LogP contribution in [-0.2, 0) is 4.74 Å². The van der Waals surface area contributed by atoms with Gasteiger partial charge in [-0.3, -0.25) is 9.59 Å². The molecular formula is C16H26N2O3. The normalized spacial score (nSPS) is 11.0. The molecule has 1 N–H and O–H groups in total. The number of ether oxygens (including phenoxy) is 1. The van der Waals surface area contributed by atoms with Gasteiger partial charge in [-0.2, -0.15) is 0 Å². The summed E-state index contributed by atoms with van der Waals surface area (Å²) in [5.41, 5.74) is 2.61. The summed E-state index contributed by atoms with van der Waals surface area (Å²) in [6.07, 6.45) is 0. The highest BCUT2D eigenvalue weighted by Gasteiger charge is 2.24. The van der Waals surface area contributed by atoms with E-state index in [1.54, 1.807) is 12.0 Å². The predicted octanol–water partition coefficient (Wildman–Crippen LogP) is 2.58. The van der Waals surface area contributed by atoms with E-state index in [-0.39, 0.29) is 11.7 Å². The number of aryl methyl sites for hydroxylation is 1. The predicted molar refractivity (Wildman–Crippen MR) is 82.9 cm³/mol. The molecule has 0 saturated carbocycles. The van der Waals surface area contributed by atoms with E-state index in [2.05, 4.69) is 18.8 Å². The lowest BCUT2D eigenvalue weighted by Crippen LogP contribution is -2.37. The quantitative estimate of drug-likeness (QED) is 0.786. The zero-order chi connectivity index (χ0) is 16.2. The Bertz CT molecular complexity index is 518. The smallest absolute Gasteiger partial charge is 0.270 e. The molecule has 0 aliphatic heterocycles. The minimum Gasteiger partial charge on any atom is -0.383 e. The van der Waals surface area contributed by atoms with Crippen LogP contribution in [-0.4, -0.2) is 48.4 Å². The molecule has 1 aromatic heterocycles. The largest absolute Gasteiger partial charge is 0.383 e. The molecule has 5 heteroatoms. The molecule has 0 bridgehead atoms. The molecule has 0 spiro atoms. The van der Waals surface area contributed by atoms with Crippen molar-refractivity contribution < 1.29 is 14.3 Å². The van der Waals surface area contributed by atoms with Crippen molar-refractivity contribution in [2.75, 3.05) is 26.8 Å². The summed E-state index contributed by atoms with van der Waals surface area (Å²) in [6, 6.07) is 0. The van der Waals surface area contributed by atoms with Gasteiger partial charge in [0.05, 0.1) is 6.61 Å². The Morgan fingerprint density at radius 3 is 2.33 bits per heavy atom. The summed E-state index contributed by atoms with van der Waals surface area (Å²) in [6.45, 7) is 11.0. The van der Waals surface area contributed by atoms with Crippen LogP contribution in [0.3, 0.4) is 0 Å². The number of carbonyl (C=O) groups is 2. The van der Waals surface area contributed by atoms with Crippen molar-refractivity contribution in [3.8, 4) is 0 Å². The van der Waals surface area contributed by atoms with Gasteiger partial charge in [0.15, 0.2) is 5.78 Å². The van der Waals surface area contributed by atoms with Crippen LogP contribution >= 0.6 is 0 Å². The van der Waals surface area contributed by atoms with E-state index in [1.807, 2.05) is 13.8 Å². The first-order chi connectivity index (χ1) is 9.79. The van der Waals surface area contributed by atoms with Gasteiger partial charge < -0.3 is 14.6 Å². The number of ketones is 1. The van der Waals surface area contributed by atoms with Gasteiger partial charge in [-0.15, -0.1) is 0 Å². The number of H-pyrrole nitrogens is 1. The number of nitrogens with one attached hydrogen (secondary N) is 1. The zero-order valence-electron chi connectivity index (χ0n) is 13.9. The molecule has 0 aliphatic rings. The highest BCUT2D eigenvalue weighted by Crippen LogP contribution is 2.20. The lowest BCUT2D eigenvalue weighted by atomic mass is 10.1. The standard InChI is InChI=1S/C16H26N2O3/c1-10(2)9-18(7-8-21-6)16(20)15-11(3)14(13(5)19)12(4)17-15/h10,17H,7-9H2,1-6H3. The molecular weight excluding hydrogens is 268 g/mol. The summed E-state index contributed by atoms with van der Waals surface area (Å²) < 4.78 is 5.08. The molecule has 0 atom stereocenters. The fourth-order valence-corrected chi connectivity index (χ4v) is 2.57. The third kappa shape index (κ3) is 4.17. The third-order valence-corrected chi connectivity index (χ3v) is 3.44. The maximum Gasteiger partial charge on any atom is 0.270 e. The first-order valence-corrected chi connectivity index (χ1v) is 7.27. The van der Waals surface area contributed by atoms with E-state index in [1.165, 1.54) is 6.92 Å². The average molecular weight is 294 g/mol. The highest BCUT2D eigenvalue weighted by molar-refractivity contribution is 6.02. The number of Topliss-reactive ketones (excluding diaryl/α,β-unsaturated/α-hetero) is 1. The van der Waals surface area contributed by atoms with Crippen molar-refractivity contribution >= 4 is 11.7 Å². The number of hydrogen-bond donors (Lipinski definition) is 1. The molecule has 0 fully saturated rings. The van der Waals surface area contributed by atoms with Crippen molar-refractivity contribution in [2.45, 2.75) is 34.6 Å². The molecule has 0 radical (unpaired) electrons. The Hall–Kier alpha value is -1.62. The van der Waals surface area contributed by atoms with Crippen LogP contribution in [0.2, 0.25) is 0 Å². The highest BCUT2D eigenvalue weighted by atomic mass is 16.5. The Morgan fingerprint density at radius 2 is 1.90 bits per heavy atom. The lowest BCUT2D eigenvalue weighted by Gasteiger charge is -2.24. The van der Waals surface area contributed by atoms with Crippen LogP contribution in [0.5, 0.6) is 0 Å². The SMILES string of the molecule is COCCN(CC(C)C)C(=O)c1[nH]c(C)c(C(C)=O)c1C. The minimum absolute atomic E-state index is 0.0207. The van der Waals surface area contributed by atoms with Gasteiger partial charge in [-0.05, 0) is 32.3 Å². The number of aromatic amines is 1. The second kappa shape index (κ2) is 7.41. The van der Waals surface area contributed by atoms with Gasteiger partial charge in [0.2, 0.25) is 0 Å². The third-order valence-electron chi connectivity index (χ3n) is 3.44. The van der Waals surface area contributed by atoms with E-state index in [0.717, 1.165) is 11.3 Å². The van der Waals surface area contributed by atoms with Gasteiger partial charge in [0.1, 0.15) is 5.69 Å². The zero-order valence-corrected chi connectivity index (χ0v) is 13.9. The van der Waals surface area contributed by atoms with Crippen LogP contribution in [0.4, 0.5) is 0 Å². The van der Waals surface area contributed by atoms with E-state index in [0.29, 0.717) is 36.9 Å². The molecule has 1 heterocycles. The van der Waals surface area contributed by atoms with Crippen molar-refractivity contribution in [3.05, 3.63) is 22.5 Å². The number of rotatable bonds is 7. The topological polar surface area (TPSA) is 62.4 Å². The molecule has 21 heavy (non-hydrogen) atoms. The molecule has 1 amide bonds. The van der Waals surface area contributed by atoms with Gasteiger partial charge >= 0.3 is 0 Å². The van der Waals surface area contributed by atoms with Gasteiger partial charge in [0, 0.05) is 31.5 Å². The maximum absolute atomic E-state index is 12.7.